The molecule has 2 aromatic carbocycles. The van der Waals surface area contributed by atoms with E-state index in [0.717, 1.165) is 32.9 Å². The van der Waals surface area contributed by atoms with Crippen LogP contribution in [-0.4, -0.2) is 18.5 Å². The quantitative estimate of drug-likeness (QED) is 0.652. The maximum Gasteiger partial charge on any atom is 0.348 e. The number of hydrogen-bond donors (Lipinski definition) is 1. The fraction of sp³-hybridized carbons (Fsp3) is 0.182. The van der Waals surface area contributed by atoms with E-state index in [1.165, 1.54) is 11.3 Å². The fourth-order valence-electron chi connectivity index (χ4n) is 3.14. The molecule has 1 amide bonds. The first-order valence-corrected chi connectivity index (χ1v) is 9.72. The van der Waals surface area contributed by atoms with Crippen molar-refractivity contribution in [1.29, 1.82) is 0 Å². The first kappa shape index (κ1) is 18.3. The third-order valence-corrected chi connectivity index (χ3v) is 5.71. The molecule has 142 valence electrons. The summed E-state index contributed by atoms with van der Waals surface area (Å²) in [4.78, 5) is 26.0. The summed E-state index contributed by atoms with van der Waals surface area (Å²) in [6.45, 7) is 4.00. The number of ether oxygens (including phenoxy) is 2. The van der Waals surface area contributed by atoms with Gasteiger partial charge in [0.2, 0.25) is 0 Å². The van der Waals surface area contributed by atoms with Gasteiger partial charge >= 0.3 is 5.97 Å². The minimum Gasteiger partial charge on any atom is -0.488 e. The summed E-state index contributed by atoms with van der Waals surface area (Å²) in [5, 5.41) is 2.77. The van der Waals surface area contributed by atoms with Crippen LogP contribution in [0.15, 0.2) is 48.5 Å². The molecular weight excluding hydrogens is 374 g/mol. The Morgan fingerprint density at radius 1 is 1.14 bits per heavy atom. The van der Waals surface area contributed by atoms with E-state index in [0.29, 0.717) is 17.2 Å². The second-order valence-electron chi connectivity index (χ2n) is 6.69. The number of aryl methyl sites for hydroxylation is 2. The Labute approximate surface area is 166 Å². The molecule has 3 aromatic rings. The molecule has 1 aromatic heterocycles. The van der Waals surface area contributed by atoms with Crippen LogP contribution < -0.4 is 10.1 Å². The zero-order valence-electron chi connectivity index (χ0n) is 15.6. The summed E-state index contributed by atoms with van der Waals surface area (Å²) < 4.78 is 10.9. The largest absolute Gasteiger partial charge is 0.488 e. The van der Waals surface area contributed by atoms with Crippen molar-refractivity contribution in [2.45, 2.75) is 20.5 Å². The molecule has 0 aliphatic carbocycles. The maximum absolute atomic E-state index is 12.4. The lowest BCUT2D eigenvalue weighted by molar-refractivity contribution is -0.119. The van der Waals surface area contributed by atoms with E-state index in [1.807, 2.05) is 56.3 Å². The van der Waals surface area contributed by atoms with Crippen LogP contribution >= 0.6 is 11.3 Å². The normalized spacial score (nSPS) is 11.8. The number of para-hydroxylation sites is 1. The molecule has 1 N–H and O–H groups in total. The van der Waals surface area contributed by atoms with Gasteiger partial charge in [-0.1, -0.05) is 29.8 Å². The zero-order valence-corrected chi connectivity index (χ0v) is 16.4. The van der Waals surface area contributed by atoms with Gasteiger partial charge in [0, 0.05) is 21.7 Å². The number of carbonyl (C=O) groups excluding carboxylic acids is 2. The number of amides is 1. The zero-order chi connectivity index (χ0) is 19.7. The van der Waals surface area contributed by atoms with Gasteiger partial charge in [-0.05, 0) is 43.7 Å². The van der Waals surface area contributed by atoms with Crippen molar-refractivity contribution in [2.75, 3.05) is 11.9 Å². The van der Waals surface area contributed by atoms with Gasteiger partial charge in [-0.2, -0.15) is 0 Å². The van der Waals surface area contributed by atoms with Crippen molar-refractivity contribution >= 4 is 28.9 Å². The molecule has 1 aliphatic rings. The lowest BCUT2D eigenvalue weighted by Crippen LogP contribution is -2.21. The molecule has 0 saturated heterocycles. The molecule has 0 radical (unpaired) electrons. The Hall–Kier alpha value is -3.12. The minimum atomic E-state index is -0.507. The molecule has 4 rings (SSSR count). The SMILES string of the molecule is Cc1ccc(NC(=O)COC(=O)c2cc3c(s2)-c2ccccc2OC3)c(C)c1. The molecule has 0 unspecified atom stereocenters. The maximum atomic E-state index is 12.4. The third-order valence-electron chi connectivity index (χ3n) is 4.52. The second kappa shape index (κ2) is 7.48. The van der Waals surface area contributed by atoms with Gasteiger partial charge in [-0.15, -0.1) is 11.3 Å². The van der Waals surface area contributed by atoms with Crippen LogP contribution in [0, 0.1) is 13.8 Å². The van der Waals surface area contributed by atoms with Gasteiger partial charge in [-0.25, -0.2) is 4.79 Å². The molecule has 0 spiro atoms. The molecule has 0 bridgehead atoms. The Balaban J connectivity index is 1.41. The van der Waals surface area contributed by atoms with Gasteiger partial charge in [0.15, 0.2) is 6.61 Å². The number of rotatable bonds is 4. The lowest BCUT2D eigenvalue weighted by Gasteiger charge is -2.16. The molecule has 28 heavy (non-hydrogen) atoms. The first-order chi connectivity index (χ1) is 13.5. The van der Waals surface area contributed by atoms with Crippen molar-refractivity contribution in [3.63, 3.8) is 0 Å². The highest BCUT2D eigenvalue weighted by Gasteiger charge is 2.23. The van der Waals surface area contributed by atoms with Crippen LogP contribution in [0.2, 0.25) is 0 Å². The van der Waals surface area contributed by atoms with Crippen molar-refractivity contribution in [2.24, 2.45) is 0 Å². The molecule has 6 heteroatoms. The molecular formula is C22H19NO4S. The van der Waals surface area contributed by atoms with Crippen LogP contribution in [0.3, 0.4) is 0 Å². The first-order valence-electron chi connectivity index (χ1n) is 8.90. The highest BCUT2D eigenvalue weighted by atomic mass is 32.1. The number of hydrogen-bond acceptors (Lipinski definition) is 5. The molecule has 0 atom stereocenters. The summed E-state index contributed by atoms with van der Waals surface area (Å²) in [7, 11) is 0. The van der Waals surface area contributed by atoms with Gasteiger partial charge in [-0.3, -0.25) is 4.79 Å². The van der Waals surface area contributed by atoms with E-state index in [2.05, 4.69) is 5.32 Å². The van der Waals surface area contributed by atoms with Crippen LogP contribution in [-0.2, 0) is 16.1 Å². The summed E-state index contributed by atoms with van der Waals surface area (Å²) in [6.07, 6.45) is 0. The van der Waals surface area contributed by atoms with E-state index >= 15 is 0 Å². The number of carbonyl (C=O) groups is 2. The van der Waals surface area contributed by atoms with Crippen molar-refractivity contribution in [3.05, 3.63) is 70.1 Å². The number of nitrogens with one attached hydrogen (secondary N) is 1. The number of anilines is 1. The van der Waals surface area contributed by atoms with Crippen LogP contribution in [0.4, 0.5) is 5.69 Å². The highest BCUT2D eigenvalue weighted by molar-refractivity contribution is 7.17. The number of thiophene rings is 1. The van der Waals surface area contributed by atoms with Crippen LogP contribution in [0.1, 0.15) is 26.4 Å². The minimum absolute atomic E-state index is 0.332. The number of benzene rings is 2. The predicted molar refractivity (Wildman–Crippen MR) is 109 cm³/mol. The predicted octanol–water partition coefficient (Wildman–Crippen LogP) is 4.72. The van der Waals surface area contributed by atoms with Crippen molar-refractivity contribution in [1.82, 2.24) is 0 Å². The van der Waals surface area contributed by atoms with Gasteiger partial charge < -0.3 is 14.8 Å². The number of esters is 1. The summed E-state index contributed by atoms with van der Waals surface area (Å²) in [5.41, 5.74) is 4.72. The average molecular weight is 393 g/mol. The summed E-state index contributed by atoms with van der Waals surface area (Å²) >= 11 is 1.36. The van der Waals surface area contributed by atoms with E-state index in [9.17, 15) is 9.59 Å². The Morgan fingerprint density at radius 2 is 1.96 bits per heavy atom. The summed E-state index contributed by atoms with van der Waals surface area (Å²) in [5.74, 6) is -0.0624. The second-order valence-corrected chi connectivity index (χ2v) is 7.74. The van der Waals surface area contributed by atoms with Gasteiger partial charge in [0.1, 0.15) is 17.2 Å². The third kappa shape index (κ3) is 3.64. The Bertz CT molecular complexity index is 1070. The number of fused-ring (bicyclic) bond motifs is 3. The summed E-state index contributed by atoms with van der Waals surface area (Å²) in [6, 6.07) is 15.3. The van der Waals surface area contributed by atoms with Crippen molar-refractivity contribution in [3.8, 4) is 16.2 Å². The highest BCUT2D eigenvalue weighted by Crippen LogP contribution is 2.42. The van der Waals surface area contributed by atoms with E-state index in [1.54, 1.807) is 6.07 Å². The van der Waals surface area contributed by atoms with E-state index in [4.69, 9.17) is 9.47 Å². The molecule has 2 heterocycles. The van der Waals surface area contributed by atoms with Gasteiger partial charge in [0.05, 0.1) is 0 Å². The van der Waals surface area contributed by atoms with E-state index in [-0.39, 0.29) is 12.5 Å². The topological polar surface area (TPSA) is 64.6 Å². The molecule has 0 fully saturated rings. The van der Waals surface area contributed by atoms with Crippen LogP contribution in [0.5, 0.6) is 5.75 Å². The molecule has 1 aliphatic heterocycles. The van der Waals surface area contributed by atoms with Crippen molar-refractivity contribution < 1.29 is 19.1 Å². The Kier molecular flexibility index (Phi) is 4.88. The molecule has 5 nitrogen and oxygen atoms in total. The van der Waals surface area contributed by atoms with E-state index < -0.39 is 5.97 Å². The van der Waals surface area contributed by atoms with Crippen LogP contribution in [0.25, 0.3) is 10.4 Å². The standard InChI is InChI=1S/C22H19NO4S/c1-13-7-8-17(14(2)9-13)23-20(24)12-27-22(25)19-10-15-11-26-18-6-4-3-5-16(18)21(15)28-19/h3-10H,11-12H2,1-2H3,(H,23,24). The monoisotopic (exact) mass is 393 g/mol. The fourth-order valence-corrected chi connectivity index (χ4v) is 4.23. The Morgan fingerprint density at radius 3 is 2.79 bits per heavy atom. The molecule has 0 saturated carbocycles. The van der Waals surface area contributed by atoms with Gasteiger partial charge in [0.25, 0.3) is 5.91 Å². The average Bonchev–Trinajstić information content (AvgIpc) is 3.13. The lowest BCUT2D eigenvalue weighted by atomic mass is 10.1. The smallest absolute Gasteiger partial charge is 0.348 e.